The quantitative estimate of drug-likeness (QED) is 0.557. The van der Waals surface area contributed by atoms with E-state index >= 15 is 0 Å². The van der Waals surface area contributed by atoms with Gasteiger partial charge in [0.15, 0.2) is 11.5 Å². The first-order chi connectivity index (χ1) is 13.3. The Morgan fingerprint density at radius 2 is 2.07 bits per heavy atom. The molecular weight excluding hydrogens is 382 g/mol. The molecule has 5 rings (SSSR count). The smallest absolute Gasteiger partial charge is 0.259 e. The Morgan fingerprint density at radius 3 is 2.96 bits per heavy atom. The summed E-state index contributed by atoms with van der Waals surface area (Å²) in [6.07, 6.45) is 4.00. The van der Waals surface area contributed by atoms with Gasteiger partial charge in [-0.15, -0.1) is 22.7 Å². The summed E-state index contributed by atoms with van der Waals surface area (Å²) < 4.78 is 10.8. The van der Waals surface area contributed by atoms with E-state index in [2.05, 4.69) is 15.0 Å². The maximum absolute atomic E-state index is 12.6. The normalized spacial score (nSPS) is 12.7. The van der Waals surface area contributed by atoms with E-state index in [9.17, 15) is 4.79 Å². The molecule has 0 spiro atoms. The summed E-state index contributed by atoms with van der Waals surface area (Å²) in [5, 5.41) is 2.74. The van der Waals surface area contributed by atoms with Crippen LogP contribution < -0.4 is 15.0 Å². The molecule has 0 amide bonds. The largest absolute Gasteiger partial charge is 0.454 e. The molecule has 0 saturated carbocycles. The summed E-state index contributed by atoms with van der Waals surface area (Å²) in [6.45, 7) is 0.277. The van der Waals surface area contributed by atoms with E-state index in [0.717, 1.165) is 45.2 Å². The molecule has 8 heteroatoms. The minimum atomic E-state index is -0.0681. The van der Waals surface area contributed by atoms with E-state index in [1.165, 1.54) is 11.3 Å². The van der Waals surface area contributed by atoms with Crippen LogP contribution in [0.3, 0.4) is 0 Å². The number of ether oxygens (including phenoxy) is 2. The number of hydrogen-bond acceptors (Lipinski definition) is 7. The van der Waals surface area contributed by atoms with Crippen molar-refractivity contribution < 1.29 is 9.47 Å². The van der Waals surface area contributed by atoms with Crippen molar-refractivity contribution in [3.8, 4) is 11.5 Å². The van der Waals surface area contributed by atoms with Gasteiger partial charge in [-0.2, -0.15) is 0 Å². The predicted molar refractivity (Wildman–Crippen MR) is 105 cm³/mol. The van der Waals surface area contributed by atoms with Crippen LogP contribution in [0.15, 0.2) is 40.1 Å². The van der Waals surface area contributed by atoms with Crippen molar-refractivity contribution in [1.82, 2.24) is 15.0 Å². The van der Waals surface area contributed by atoms with Crippen LogP contribution in [-0.4, -0.2) is 21.7 Å². The van der Waals surface area contributed by atoms with Gasteiger partial charge in [0.2, 0.25) is 6.79 Å². The molecule has 0 unspecified atom stereocenters. The Hall–Kier alpha value is -2.71. The highest BCUT2D eigenvalue weighted by Gasteiger charge is 2.15. The van der Waals surface area contributed by atoms with E-state index in [0.29, 0.717) is 17.6 Å². The zero-order valence-corrected chi connectivity index (χ0v) is 15.9. The highest BCUT2D eigenvalue weighted by atomic mass is 32.1. The molecule has 136 valence electrons. The Kier molecular flexibility index (Phi) is 4.14. The van der Waals surface area contributed by atoms with Crippen LogP contribution in [-0.2, 0) is 19.3 Å². The number of thiophene rings is 1. The molecule has 1 aliphatic rings. The number of rotatable bonds is 5. The number of benzene rings is 1. The highest BCUT2D eigenvalue weighted by Crippen LogP contribution is 2.33. The van der Waals surface area contributed by atoms with Crippen LogP contribution in [0.25, 0.3) is 10.2 Å². The highest BCUT2D eigenvalue weighted by molar-refractivity contribution is 7.16. The van der Waals surface area contributed by atoms with Crippen molar-refractivity contribution in [2.24, 2.45) is 0 Å². The number of aryl methyl sites for hydroxylation is 2. The van der Waals surface area contributed by atoms with Crippen LogP contribution in [0.2, 0.25) is 0 Å². The van der Waals surface area contributed by atoms with Crippen molar-refractivity contribution in [3.63, 3.8) is 0 Å². The second-order valence-electron chi connectivity index (χ2n) is 6.29. The molecule has 1 N–H and O–H groups in total. The maximum atomic E-state index is 12.6. The van der Waals surface area contributed by atoms with E-state index in [1.54, 1.807) is 23.0 Å². The minimum Gasteiger partial charge on any atom is -0.454 e. The Balaban J connectivity index is 1.38. The zero-order valence-electron chi connectivity index (χ0n) is 14.2. The summed E-state index contributed by atoms with van der Waals surface area (Å²) in [5.41, 5.74) is 3.91. The summed E-state index contributed by atoms with van der Waals surface area (Å²) in [6, 6.07) is 5.98. The molecule has 27 heavy (non-hydrogen) atoms. The number of fused-ring (bicyclic) bond motifs is 2. The molecule has 0 bridgehead atoms. The third-order valence-electron chi connectivity index (χ3n) is 4.51. The molecule has 4 aromatic rings. The number of H-pyrrole nitrogens is 1. The van der Waals surface area contributed by atoms with Gasteiger partial charge in [-0.05, 0) is 41.5 Å². The van der Waals surface area contributed by atoms with Gasteiger partial charge in [0.1, 0.15) is 10.7 Å². The Labute approximate surface area is 162 Å². The molecule has 1 aromatic carbocycles. The van der Waals surface area contributed by atoms with Crippen LogP contribution in [0.1, 0.15) is 21.8 Å². The van der Waals surface area contributed by atoms with Crippen molar-refractivity contribution in [2.75, 3.05) is 6.79 Å². The molecule has 3 aromatic heterocycles. The van der Waals surface area contributed by atoms with Crippen molar-refractivity contribution >= 4 is 32.9 Å². The van der Waals surface area contributed by atoms with E-state index in [1.807, 2.05) is 23.6 Å². The fraction of sp³-hybridized carbons (Fsp3) is 0.211. The Bertz CT molecular complexity index is 1160. The first kappa shape index (κ1) is 16.5. The van der Waals surface area contributed by atoms with Gasteiger partial charge in [0.25, 0.3) is 5.56 Å². The fourth-order valence-corrected chi connectivity index (χ4v) is 4.78. The van der Waals surface area contributed by atoms with Gasteiger partial charge in [0.05, 0.1) is 10.9 Å². The number of hydrogen-bond donors (Lipinski definition) is 1. The molecule has 6 nitrogen and oxygen atoms in total. The molecule has 1 aliphatic heterocycles. The van der Waals surface area contributed by atoms with Crippen LogP contribution in [0, 0.1) is 0 Å². The third kappa shape index (κ3) is 3.22. The lowest BCUT2D eigenvalue weighted by Gasteiger charge is -2.03. The van der Waals surface area contributed by atoms with Crippen LogP contribution in [0.5, 0.6) is 11.5 Å². The van der Waals surface area contributed by atoms with Crippen LogP contribution >= 0.6 is 22.7 Å². The average molecular weight is 397 g/mol. The van der Waals surface area contributed by atoms with Gasteiger partial charge in [-0.25, -0.2) is 4.98 Å². The summed E-state index contributed by atoms with van der Waals surface area (Å²) >= 11 is 3.08. The van der Waals surface area contributed by atoms with E-state index in [-0.39, 0.29) is 12.4 Å². The number of aromatic amines is 1. The molecule has 0 aliphatic carbocycles. The lowest BCUT2D eigenvalue weighted by molar-refractivity contribution is 0.174. The van der Waals surface area contributed by atoms with Gasteiger partial charge < -0.3 is 14.5 Å². The third-order valence-corrected chi connectivity index (χ3v) is 6.21. The van der Waals surface area contributed by atoms with Crippen molar-refractivity contribution in [3.05, 3.63) is 67.5 Å². The molecule has 0 saturated heterocycles. The minimum absolute atomic E-state index is 0.0681. The van der Waals surface area contributed by atoms with Gasteiger partial charge in [0, 0.05) is 17.5 Å². The lowest BCUT2D eigenvalue weighted by Crippen LogP contribution is -2.12. The van der Waals surface area contributed by atoms with Gasteiger partial charge >= 0.3 is 0 Å². The summed E-state index contributed by atoms with van der Waals surface area (Å²) in [4.78, 5) is 26.1. The second-order valence-corrected chi connectivity index (χ2v) is 8.11. The standard InChI is InChI=1S/C19H15N3O3S2/c23-18-17-12(3-1-11-2-4-14-15(5-11)25-10-24-14)8-26-19(17)22-16(21-18)6-13-7-20-9-27-13/h2,4-5,7-9H,1,3,6,10H2,(H,21,22,23). The van der Waals surface area contributed by atoms with E-state index < -0.39 is 0 Å². The Morgan fingerprint density at radius 1 is 1.15 bits per heavy atom. The first-order valence-corrected chi connectivity index (χ1v) is 10.3. The fourth-order valence-electron chi connectivity index (χ4n) is 3.19. The summed E-state index contributed by atoms with van der Waals surface area (Å²) in [5.74, 6) is 2.25. The first-order valence-electron chi connectivity index (χ1n) is 8.51. The number of aromatic nitrogens is 3. The van der Waals surface area contributed by atoms with Crippen molar-refractivity contribution in [1.29, 1.82) is 0 Å². The number of nitrogens with zero attached hydrogens (tertiary/aromatic N) is 2. The van der Waals surface area contributed by atoms with E-state index in [4.69, 9.17) is 9.47 Å². The van der Waals surface area contributed by atoms with Crippen LogP contribution in [0.4, 0.5) is 0 Å². The van der Waals surface area contributed by atoms with Gasteiger partial charge in [-0.3, -0.25) is 9.78 Å². The molecule has 0 fully saturated rings. The SMILES string of the molecule is O=c1[nH]c(Cc2cncs2)nc2scc(CCc3ccc4c(c3)OCO4)c12. The van der Waals surface area contributed by atoms with Crippen molar-refractivity contribution in [2.45, 2.75) is 19.3 Å². The second kappa shape index (κ2) is 6.79. The summed E-state index contributed by atoms with van der Waals surface area (Å²) in [7, 11) is 0. The van der Waals surface area contributed by atoms with Gasteiger partial charge in [-0.1, -0.05) is 6.07 Å². The lowest BCUT2D eigenvalue weighted by atomic mass is 10.0. The molecule has 0 radical (unpaired) electrons. The average Bonchev–Trinajstić information content (AvgIpc) is 3.40. The molecule has 4 heterocycles. The predicted octanol–water partition coefficient (Wildman–Crippen LogP) is 3.55. The maximum Gasteiger partial charge on any atom is 0.259 e. The zero-order chi connectivity index (χ0) is 18.2. The molecule has 0 atom stereocenters. The number of thiazole rings is 1. The monoisotopic (exact) mass is 397 g/mol. The topological polar surface area (TPSA) is 77.1 Å². The molecular formula is C19H15N3O3S2. The number of nitrogens with one attached hydrogen (secondary N) is 1.